The van der Waals surface area contributed by atoms with E-state index in [1.165, 1.54) is 0 Å². The molecule has 0 spiro atoms. The van der Waals surface area contributed by atoms with Gasteiger partial charge in [0.1, 0.15) is 24.7 Å². The van der Waals surface area contributed by atoms with E-state index < -0.39 is 0 Å². The lowest BCUT2D eigenvalue weighted by atomic mass is 9.99. The fourth-order valence-corrected chi connectivity index (χ4v) is 2.62. The zero-order valence-electron chi connectivity index (χ0n) is 14.2. The van der Waals surface area contributed by atoms with Gasteiger partial charge in [0.15, 0.2) is 0 Å². The van der Waals surface area contributed by atoms with Crippen molar-refractivity contribution in [3.8, 4) is 33.8 Å². The molecule has 2 aromatic heterocycles. The number of pyridine rings is 2. The average molecular weight is 352 g/mol. The van der Waals surface area contributed by atoms with Crippen LogP contribution in [0, 0.1) is 0 Å². The molecule has 0 radical (unpaired) electrons. The maximum atomic E-state index is 9.15. The van der Waals surface area contributed by atoms with Gasteiger partial charge in [-0.1, -0.05) is 0 Å². The Labute approximate surface area is 151 Å². The Morgan fingerprint density at radius 1 is 0.654 bits per heavy atom. The van der Waals surface area contributed by atoms with Gasteiger partial charge in [-0.15, -0.1) is 0 Å². The summed E-state index contributed by atoms with van der Waals surface area (Å²) in [6, 6.07) is 11.3. The fourth-order valence-electron chi connectivity index (χ4n) is 2.62. The van der Waals surface area contributed by atoms with E-state index in [4.69, 9.17) is 19.7 Å². The number of aliphatic hydroxyl groups is 2. The molecule has 0 unspecified atom stereocenters. The predicted octanol–water partition coefficient (Wildman–Crippen LogP) is 2.55. The second-order valence-electron chi connectivity index (χ2n) is 5.46. The number of rotatable bonds is 8. The van der Waals surface area contributed by atoms with Crippen LogP contribution in [0.25, 0.3) is 22.3 Å². The van der Waals surface area contributed by atoms with E-state index in [1.807, 2.05) is 36.4 Å². The third-order valence-corrected chi connectivity index (χ3v) is 3.76. The molecule has 0 aliphatic rings. The summed E-state index contributed by atoms with van der Waals surface area (Å²) in [5.74, 6) is 1.27. The van der Waals surface area contributed by atoms with Crippen LogP contribution in [0.5, 0.6) is 11.5 Å². The van der Waals surface area contributed by atoms with Gasteiger partial charge in [0.2, 0.25) is 0 Å². The van der Waals surface area contributed by atoms with Gasteiger partial charge in [-0.05, 0) is 47.5 Å². The summed E-state index contributed by atoms with van der Waals surface area (Å²) in [6.45, 7) is 0.210. The van der Waals surface area contributed by atoms with Crippen LogP contribution in [0.1, 0.15) is 0 Å². The number of benzene rings is 1. The van der Waals surface area contributed by atoms with Crippen molar-refractivity contribution in [1.29, 1.82) is 0 Å². The fraction of sp³-hybridized carbons (Fsp3) is 0.200. The van der Waals surface area contributed by atoms with Gasteiger partial charge >= 0.3 is 0 Å². The smallest absolute Gasteiger partial charge is 0.128 e. The van der Waals surface area contributed by atoms with Crippen LogP contribution >= 0.6 is 0 Å². The standard InChI is InChI=1S/C20H20N2O4/c23-9-11-25-19-14-18(16-3-7-22-8-4-16)20(26-12-10-24)13-17(19)15-1-5-21-6-2-15/h1-8,13-14,23-24H,9-12H2. The van der Waals surface area contributed by atoms with Crippen molar-refractivity contribution in [1.82, 2.24) is 9.97 Å². The molecule has 0 aliphatic heterocycles. The van der Waals surface area contributed by atoms with Gasteiger partial charge in [0.05, 0.1) is 13.2 Å². The summed E-state index contributed by atoms with van der Waals surface area (Å²) in [5.41, 5.74) is 3.49. The molecular weight excluding hydrogens is 332 g/mol. The van der Waals surface area contributed by atoms with E-state index >= 15 is 0 Å². The van der Waals surface area contributed by atoms with Crippen LogP contribution in [0.3, 0.4) is 0 Å². The minimum Gasteiger partial charge on any atom is -0.491 e. The van der Waals surface area contributed by atoms with Gasteiger partial charge in [-0.3, -0.25) is 9.97 Å². The molecule has 6 heteroatoms. The Balaban J connectivity index is 2.14. The van der Waals surface area contributed by atoms with Crippen molar-refractivity contribution in [3.63, 3.8) is 0 Å². The summed E-state index contributed by atoms with van der Waals surface area (Å²) in [7, 11) is 0. The Morgan fingerprint density at radius 3 is 1.38 bits per heavy atom. The summed E-state index contributed by atoms with van der Waals surface area (Å²) >= 11 is 0. The van der Waals surface area contributed by atoms with Crippen LogP contribution in [-0.4, -0.2) is 46.6 Å². The lowest BCUT2D eigenvalue weighted by molar-refractivity contribution is 0.199. The summed E-state index contributed by atoms with van der Waals surface area (Å²) in [5, 5.41) is 18.3. The summed E-state index contributed by atoms with van der Waals surface area (Å²) < 4.78 is 11.5. The number of aliphatic hydroxyl groups excluding tert-OH is 2. The van der Waals surface area contributed by atoms with Gasteiger partial charge < -0.3 is 19.7 Å². The monoisotopic (exact) mass is 352 g/mol. The van der Waals surface area contributed by atoms with Crippen molar-refractivity contribution < 1.29 is 19.7 Å². The summed E-state index contributed by atoms with van der Waals surface area (Å²) in [4.78, 5) is 8.10. The number of nitrogens with zero attached hydrogens (tertiary/aromatic N) is 2. The topological polar surface area (TPSA) is 84.7 Å². The van der Waals surface area contributed by atoms with E-state index in [0.717, 1.165) is 22.3 Å². The predicted molar refractivity (Wildman–Crippen MR) is 98.1 cm³/mol. The third kappa shape index (κ3) is 4.17. The minimum atomic E-state index is -0.0802. The van der Waals surface area contributed by atoms with E-state index in [1.54, 1.807) is 24.8 Å². The first-order valence-corrected chi connectivity index (χ1v) is 8.29. The molecule has 3 rings (SSSR count). The van der Waals surface area contributed by atoms with Crippen molar-refractivity contribution >= 4 is 0 Å². The molecule has 0 fully saturated rings. The van der Waals surface area contributed by atoms with Crippen molar-refractivity contribution in [3.05, 3.63) is 61.2 Å². The number of aromatic nitrogens is 2. The molecule has 0 atom stereocenters. The Hall–Kier alpha value is -2.96. The van der Waals surface area contributed by atoms with Gasteiger partial charge in [0, 0.05) is 35.9 Å². The van der Waals surface area contributed by atoms with Crippen LogP contribution in [-0.2, 0) is 0 Å². The maximum absolute atomic E-state index is 9.15. The first-order valence-electron chi connectivity index (χ1n) is 8.29. The molecule has 26 heavy (non-hydrogen) atoms. The second kappa shape index (κ2) is 8.94. The van der Waals surface area contributed by atoms with Gasteiger partial charge in [-0.2, -0.15) is 0 Å². The molecule has 0 saturated heterocycles. The molecule has 134 valence electrons. The highest BCUT2D eigenvalue weighted by molar-refractivity contribution is 5.81. The molecule has 0 amide bonds. The second-order valence-corrected chi connectivity index (χ2v) is 5.46. The zero-order valence-corrected chi connectivity index (χ0v) is 14.2. The van der Waals surface area contributed by atoms with Crippen LogP contribution < -0.4 is 9.47 Å². The molecule has 2 N–H and O–H groups in total. The van der Waals surface area contributed by atoms with Crippen LogP contribution in [0.15, 0.2) is 61.2 Å². The average Bonchev–Trinajstić information content (AvgIpc) is 2.71. The third-order valence-electron chi connectivity index (χ3n) is 3.76. The minimum absolute atomic E-state index is 0.0802. The molecule has 1 aromatic carbocycles. The van der Waals surface area contributed by atoms with Gasteiger partial charge in [0.25, 0.3) is 0 Å². The highest BCUT2D eigenvalue weighted by Gasteiger charge is 2.15. The largest absolute Gasteiger partial charge is 0.491 e. The Morgan fingerprint density at radius 2 is 1.04 bits per heavy atom. The molecule has 0 saturated carbocycles. The molecule has 3 aromatic rings. The van der Waals surface area contributed by atoms with Crippen molar-refractivity contribution in [2.75, 3.05) is 26.4 Å². The Bertz CT molecular complexity index is 755. The SMILES string of the molecule is OCCOc1cc(-c2ccncc2)c(OCCO)cc1-c1ccncc1. The molecule has 0 aliphatic carbocycles. The molecule has 6 nitrogen and oxygen atoms in total. The quantitative estimate of drug-likeness (QED) is 0.648. The molecule has 0 bridgehead atoms. The molecular formula is C20H20N2O4. The molecule has 2 heterocycles. The Kier molecular flexibility index (Phi) is 6.14. The van der Waals surface area contributed by atoms with E-state index in [-0.39, 0.29) is 26.4 Å². The van der Waals surface area contributed by atoms with E-state index in [0.29, 0.717) is 11.5 Å². The zero-order chi connectivity index (χ0) is 18.2. The highest BCUT2D eigenvalue weighted by Crippen LogP contribution is 2.40. The lowest BCUT2D eigenvalue weighted by Gasteiger charge is -2.17. The number of ether oxygens (including phenoxy) is 2. The number of hydrogen-bond acceptors (Lipinski definition) is 6. The van der Waals surface area contributed by atoms with Crippen LogP contribution in [0.4, 0.5) is 0 Å². The van der Waals surface area contributed by atoms with Crippen LogP contribution in [0.2, 0.25) is 0 Å². The van der Waals surface area contributed by atoms with Crippen molar-refractivity contribution in [2.45, 2.75) is 0 Å². The first-order chi connectivity index (χ1) is 12.8. The highest BCUT2D eigenvalue weighted by atomic mass is 16.5. The lowest BCUT2D eigenvalue weighted by Crippen LogP contribution is -2.06. The first kappa shape index (κ1) is 17.8. The van der Waals surface area contributed by atoms with Crippen molar-refractivity contribution in [2.24, 2.45) is 0 Å². The van der Waals surface area contributed by atoms with Gasteiger partial charge in [-0.25, -0.2) is 0 Å². The maximum Gasteiger partial charge on any atom is 0.128 e. The van der Waals surface area contributed by atoms with E-state index in [2.05, 4.69) is 9.97 Å². The number of hydrogen-bond donors (Lipinski definition) is 2. The van der Waals surface area contributed by atoms with E-state index in [9.17, 15) is 0 Å². The summed E-state index contributed by atoms with van der Waals surface area (Å²) in [6.07, 6.45) is 6.82. The normalized spacial score (nSPS) is 10.5.